The molecule has 0 saturated carbocycles. The number of anilines is 1. The number of hydrogen-bond acceptors (Lipinski definition) is 3. The molecule has 2 heterocycles. The zero-order valence-electron chi connectivity index (χ0n) is 11.0. The number of nitrogens with one attached hydrogen (secondary N) is 1. The smallest absolute Gasteiger partial charge is 0.136 e. The van der Waals surface area contributed by atoms with E-state index in [1.807, 2.05) is 6.20 Å². The van der Waals surface area contributed by atoms with Crippen molar-refractivity contribution in [2.24, 2.45) is 0 Å². The van der Waals surface area contributed by atoms with E-state index in [1.54, 1.807) is 0 Å². The van der Waals surface area contributed by atoms with Crippen LogP contribution in [0.3, 0.4) is 0 Å². The molecule has 0 atom stereocenters. The maximum atomic E-state index is 4.59. The molecule has 1 saturated heterocycles. The monoisotopic (exact) mass is 241 g/mol. The molecule has 0 unspecified atom stereocenters. The van der Waals surface area contributed by atoms with Gasteiger partial charge in [-0.25, -0.2) is 4.98 Å². The summed E-state index contributed by atoms with van der Waals surface area (Å²) in [4.78, 5) is 6.98. The van der Waals surface area contributed by atoms with E-state index in [4.69, 9.17) is 0 Å². The summed E-state index contributed by atoms with van der Waals surface area (Å²) in [6.07, 6.45) is 1.91. The van der Waals surface area contributed by atoms with Gasteiger partial charge in [-0.2, -0.15) is 0 Å². The summed E-state index contributed by atoms with van der Waals surface area (Å²) < 4.78 is 0. The van der Waals surface area contributed by atoms with Gasteiger partial charge in [-0.05, 0) is 25.3 Å². The second-order valence-electron chi connectivity index (χ2n) is 5.59. The maximum Gasteiger partial charge on any atom is 0.136 e. The topological polar surface area (TPSA) is 28.2 Å². The highest BCUT2D eigenvalue weighted by atomic mass is 15.3. The first-order chi connectivity index (χ1) is 8.66. The maximum absolute atomic E-state index is 4.59. The molecule has 0 spiro atoms. The Morgan fingerprint density at radius 2 is 2.06 bits per heavy atom. The van der Waals surface area contributed by atoms with Gasteiger partial charge in [-0.3, -0.25) is 0 Å². The molecule has 1 fully saturated rings. The van der Waals surface area contributed by atoms with Crippen molar-refractivity contribution in [2.75, 3.05) is 24.5 Å². The minimum Gasteiger partial charge on any atom is -0.353 e. The highest BCUT2D eigenvalue weighted by Gasteiger charge is 2.27. The molecular weight excluding hydrogens is 222 g/mol. The van der Waals surface area contributed by atoms with Crippen LogP contribution in [-0.4, -0.2) is 30.2 Å². The first-order valence-corrected chi connectivity index (χ1v) is 6.49. The van der Waals surface area contributed by atoms with Gasteiger partial charge in [0.1, 0.15) is 5.82 Å². The first kappa shape index (κ1) is 11.5. The molecule has 1 aliphatic rings. The fourth-order valence-electron chi connectivity index (χ4n) is 2.68. The fourth-order valence-corrected chi connectivity index (χ4v) is 2.68. The van der Waals surface area contributed by atoms with Gasteiger partial charge in [0.2, 0.25) is 0 Å². The first-order valence-electron chi connectivity index (χ1n) is 6.49. The molecule has 0 bridgehead atoms. The Morgan fingerprint density at radius 1 is 1.22 bits per heavy atom. The molecule has 0 amide bonds. The summed E-state index contributed by atoms with van der Waals surface area (Å²) in [6.45, 7) is 7.50. The average molecular weight is 241 g/mol. The van der Waals surface area contributed by atoms with Crippen LogP contribution in [0.15, 0.2) is 36.5 Å². The van der Waals surface area contributed by atoms with E-state index in [1.165, 1.54) is 10.8 Å². The van der Waals surface area contributed by atoms with Crippen LogP contribution in [0.1, 0.15) is 13.8 Å². The number of benzene rings is 1. The van der Waals surface area contributed by atoms with Gasteiger partial charge in [0.15, 0.2) is 0 Å². The Balaban J connectivity index is 2.04. The van der Waals surface area contributed by atoms with Crippen LogP contribution < -0.4 is 10.2 Å². The van der Waals surface area contributed by atoms with Gasteiger partial charge in [0.05, 0.1) is 0 Å². The number of nitrogens with zero attached hydrogens (tertiary/aromatic N) is 2. The summed E-state index contributed by atoms with van der Waals surface area (Å²) in [5.74, 6) is 1.11. The Hall–Kier alpha value is -1.61. The van der Waals surface area contributed by atoms with Crippen molar-refractivity contribution in [1.29, 1.82) is 0 Å². The van der Waals surface area contributed by atoms with E-state index in [0.29, 0.717) is 0 Å². The average Bonchev–Trinajstić information content (AvgIpc) is 2.37. The molecule has 1 aliphatic heterocycles. The van der Waals surface area contributed by atoms with Gasteiger partial charge in [0, 0.05) is 36.8 Å². The summed E-state index contributed by atoms with van der Waals surface area (Å²) in [7, 11) is 0. The zero-order chi connectivity index (χ0) is 12.6. The second kappa shape index (κ2) is 4.25. The summed E-state index contributed by atoms with van der Waals surface area (Å²) in [5, 5.41) is 6.05. The molecule has 3 heteroatoms. The van der Waals surface area contributed by atoms with Crippen LogP contribution >= 0.6 is 0 Å². The van der Waals surface area contributed by atoms with Crippen LogP contribution in [0.25, 0.3) is 10.8 Å². The zero-order valence-corrected chi connectivity index (χ0v) is 11.0. The lowest BCUT2D eigenvalue weighted by Gasteiger charge is -2.40. The molecule has 1 N–H and O–H groups in total. The van der Waals surface area contributed by atoms with E-state index in [-0.39, 0.29) is 5.54 Å². The highest BCUT2D eigenvalue weighted by Crippen LogP contribution is 2.26. The molecule has 1 aromatic carbocycles. The molecule has 2 aromatic rings. The Bertz CT molecular complexity index is 557. The number of fused-ring (bicyclic) bond motifs is 1. The van der Waals surface area contributed by atoms with Gasteiger partial charge in [0.25, 0.3) is 0 Å². The van der Waals surface area contributed by atoms with Crippen molar-refractivity contribution in [3.63, 3.8) is 0 Å². The molecule has 1 aromatic heterocycles. The second-order valence-corrected chi connectivity index (χ2v) is 5.59. The number of piperazine rings is 1. The molecule has 3 nitrogen and oxygen atoms in total. The number of hydrogen-bond donors (Lipinski definition) is 1. The van der Waals surface area contributed by atoms with E-state index in [9.17, 15) is 0 Å². The Morgan fingerprint density at radius 3 is 2.89 bits per heavy atom. The molecule has 18 heavy (non-hydrogen) atoms. The van der Waals surface area contributed by atoms with Crippen molar-refractivity contribution in [3.8, 4) is 0 Å². The van der Waals surface area contributed by atoms with Crippen LogP contribution in [-0.2, 0) is 0 Å². The standard InChI is InChI=1S/C15H19N3/c1-15(2)11-18(10-9-17-15)14-13-6-4-3-5-12(13)7-8-16-14/h3-8,17H,9-11H2,1-2H3. The number of aromatic nitrogens is 1. The third-order valence-electron chi connectivity index (χ3n) is 3.52. The van der Waals surface area contributed by atoms with Crippen molar-refractivity contribution in [1.82, 2.24) is 10.3 Å². The van der Waals surface area contributed by atoms with Crippen LogP contribution in [0, 0.1) is 0 Å². The number of rotatable bonds is 1. The Kier molecular flexibility index (Phi) is 2.71. The largest absolute Gasteiger partial charge is 0.353 e. The van der Waals surface area contributed by atoms with Gasteiger partial charge >= 0.3 is 0 Å². The normalized spacial score (nSPS) is 19.1. The molecule has 94 valence electrons. The fraction of sp³-hybridized carbons (Fsp3) is 0.400. The third kappa shape index (κ3) is 2.06. The lowest BCUT2D eigenvalue weighted by atomic mass is 10.0. The lowest BCUT2D eigenvalue weighted by Crippen LogP contribution is -2.57. The summed E-state index contributed by atoms with van der Waals surface area (Å²) >= 11 is 0. The minimum atomic E-state index is 0.150. The van der Waals surface area contributed by atoms with E-state index < -0.39 is 0 Å². The minimum absolute atomic E-state index is 0.150. The number of pyridine rings is 1. The van der Waals surface area contributed by atoms with Crippen LogP contribution in [0.5, 0.6) is 0 Å². The molecule has 0 radical (unpaired) electrons. The molecule has 0 aliphatic carbocycles. The van der Waals surface area contributed by atoms with Crippen LogP contribution in [0.4, 0.5) is 5.82 Å². The quantitative estimate of drug-likeness (QED) is 0.831. The van der Waals surface area contributed by atoms with Gasteiger partial charge < -0.3 is 10.2 Å². The highest BCUT2D eigenvalue weighted by molar-refractivity contribution is 5.92. The predicted molar refractivity (Wildman–Crippen MR) is 76.0 cm³/mol. The summed E-state index contributed by atoms with van der Waals surface area (Å²) in [5.41, 5.74) is 0.150. The van der Waals surface area contributed by atoms with E-state index >= 15 is 0 Å². The van der Waals surface area contributed by atoms with E-state index in [2.05, 4.69) is 59.4 Å². The van der Waals surface area contributed by atoms with Crippen molar-refractivity contribution in [2.45, 2.75) is 19.4 Å². The van der Waals surface area contributed by atoms with Crippen LogP contribution in [0.2, 0.25) is 0 Å². The van der Waals surface area contributed by atoms with Gasteiger partial charge in [-0.1, -0.05) is 24.3 Å². The molecule has 3 rings (SSSR count). The predicted octanol–water partition coefficient (Wildman–Crippen LogP) is 2.42. The SMILES string of the molecule is CC1(C)CN(c2nccc3ccccc23)CCN1. The van der Waals surface area contributed by atoms with Crippen molar-refractivity contribution >= 4 is 16.6 Å². The van der Waals surface area contributed by atoms with E-state index in [0.717, 1.165) is 25.5 Å². The Labute approximate surface area is 108 Å². The summed E-state index contributed by atoms with van der Waals surface area (Å²) in [6, 6.07) is 10.5. The molecular formula is C15H19N3. The van der Waals surface area contributed by atoms with Crippen molar-refractivity contribution < 1.29 is 0 Å². The lowest BCUT2D eigenvalue weighted by molar-refractivity contribution is 0.352. The van der Waals surface area contributed by atoms with Crippen molar-refractivity contribution in [3.05, 3.63) is 36.5 Å². The van der Waals surface area contributed by atoms with Gasteiger partial charge in [-0.15, -0.1) is 0 Å². The third-order valence-corrected chi connectivity index (χ3v) is 3.52.